The summed E-state index contributed by atoms with van der Waals surface area (Å²) in [5.74, 6) is -0.456. The second-order valence-corrected chi connectivity index (χ2v) is 16.0. The minimum absolute atomic E-state index is 0.193. The first kappa shape index (κ1) is 27.6. The quantitative estimate of drug-likeness (QED) is 0.258. The Hall–Kier alpha value is -3.01. The predicted octanol–water partition coefficient (Wildman–Crippen LogP) is 3.74. The van der Waals surface area contributed by atoms with Crippen molar-refractivity contribution < 1.29 is 19.4 Å². The molecular weight excluding hydrogens is 472 g/mol. The van der Waals surface area contributed by atoms with Crippen molar-refractivity contribution in [2.45, 2.75) is 57.4 Å². The monoisotopic (exact) mass is 510 g/mol. The van der Waals surface area contributed by atoms with E-state index in [0.29, 0.717) is 48.5 Å². The lowest BCUT2D eigenvalue weighted by Crippen LogP contribution is -2.46. The largest absolute Gasteiger partial charge is 0.384 e. The number of nitrogens with one attached hydrogen (secondary N) is 1. The molecule has 36 heavy (non-hydrogen) atoms. The molecule has 0 bridgehead atoms. The number of hydrogen-bond acceptors (Lipinski definition) is 5. The van der Waals surface area contributed by atoms with Gasteiger partial charge in [-0.3, -0.25) is 14.6 Å². The summed E-state index contributed by atoms with van der Waals surface area (Å²) in [5.41, 5.74) is 2.36. The lowest BCUT2D eigenvalue weighted by molar-refractivity contribution is -0.124. The maximum atomic E-state index is 13.7. The highest BCUT2D eigenvalue weighted by Crippen LogP contribution is 2.27. The SMILES string of the molecule is C=CC(=C)CNC(=O)[C@@H]1CCCN1C(=O)c1cc(C(O)c2ccncc2)cn1COCC[Si](C)(C)C. The van der Waals surface area contributed by atoms with Crippen LogP contribution in [-0.4, -0.2) is 65.2 Å². The second-order valence-electron chi connectivity index (χ2n) is 10.4. The topological polar surface area (TPSA) is 96.7 Å². The summed E-state index contributed by atoms with van der Waals surface area (Å²) >= 11 is 0. The molecule has 2 aromatic heterocycles. The third-order valence-corrected chi connectivity index (χ3v) is 8.00. The highest BCUT2D eigenvalue weighted by Gasteiger charge is 2.36. The van der Waals surface area contributed by atoms with Crippen LogP contribution < -0.4 is 5.32 Å². The van der Waals surface area contributed by atoms with Gasteiger partial charge in [0.2, 0.25) is 5.91 Å². The van der Waals surface area contributed by atoms with E-state index in [1.807, 2.05) is 0 Å². The molecule has 9 heteroatoms. The van der Waals surface area contributed by atoms with Gasteiger partial charge in [0.1, 0.15) is 24.6 Å². The van der Waals surface area contributed by atoms with Crippen molar-refractivity contribution >= 4 is 19.9 Å². The third-order valence-electron chi connectivity index (χ3n) is 6.30. The minimum Gasteiger partial charge on any atom is -0.384 e. The van der Waals surface area contributed by atoms with Gasteiger partial charge in [0.05, 0.1) is 0 Å². The molecule has 0 spiro atoms. The molecule has 2 atom stereocenters. The summed E-state index contributed by atoms with van der Waals surface area (Å²) in [6.45, 7) is 15.9. The number of amides is 2. The van der Waals surface area contributed by atoms with E-state index in [4.69, 9.17) is 4.74 Å². The van der Waals surface area contributed by atoms with Gasteiger partial charge in [0, 0.05) is 51.9 Å². The van der Waals surface area contributed by atoms with E-state index in [0.717, 1.165) is 12.5 Å². The van der Waals surface area contributed by atoms with Gasteiger partial charge in [-0.2, -0.15) is 0 Å². The fourth-order valence-electron chi connectivity index (χ4n) is 4.07. The number of nitrogens with zero attached hydrogens (tertiary/aromatic N) is 3. The van der Waals surface area contributed by atoms with E-state index in [1.54, 1.807) is 52.3 Å². The molecule has 0 saturated carbocycles. The first-order valence-electron chi connectivity index (χ1n) is 12.4. The molecule has 194 valence electrons. The zero-order chi connectivity index (χ0) is 26.3. The van der Waals surface area contributed by atoms with Gasteiger partial charge in [0.25, 0.3) is 5.91 Å². The van der Waals surface area contributed by atoms with Crippen LogP contribution in [0.5, 0.6) is 0 Å². The fraction of sp³-hybridized carbons (Fsp3) is 0.444. The number of likely N-dealkylation sites (tertiary alicyclic amines) is 1. The molecule has 2 amide bonds. The molecule has 2 N–H and O–H groups in total. The Bertz CT molecular complexity index is 1080. The van der Waals surface area contributed by atoms with Crippen molar-refractivity contribution in [2.75, 3.05) is 19.7 Å². The van der Waals surface area contributed by atoms with E-state index in [9.17, 15) is 14.7 Å². The molecule has 0 aromatic carbocycles. The summed E-state index contributed by atoms with van der Waals surface area (Å²) in [6.07, 6.45) is 7.02. The molecule has 2 aromatic rings. The van der Waals surface area contributed by atoms with Crippen LogP contribution in [0.1, 0.15) is 40.6 Å². The number of carbonyl (C=O) groups excluding carboxylic acids is 2. The van der Waals surface area contributed by atoms with Crippen molar-refractivity contribution in [2.24, 2.45) is 0 Å². The van der Waals surface area contributed by atoms with Gasteiger partial charge < -0.3 is 24.6 Å². The lowest BCUT2D eigenvalue weighted by atomic mass is 10.1. The smallest absolute Gasteiger partial charge is 0.271 e. The molecule has 1 aliphatic rings. The Morgan fingerprint density at radius 3 is 2.69 bits per heavy atom. The normalized spacial score (nSPS) is 16.6. The molecule has 3 heterocycles. The highest BCUT2D eigenvalue weighted by molar-refractivity contribution is 6.76. The van der Waals surface area contributed by atoms with E-state index in [1.165, 1.54) is 0 Å². The van der Waals surface area contributed by atoms with Crippen LogP contribution in [0.2, 0.25) is 25.7 Å². The Morgan fingerprint density at radius 1 is 1.31 bits per heavy atom. The summed E-state index contributed by atoms with van der Waals surface area (Å²) in [7, 11) is -1.26. The van der Waals surface area contributed by atoms with E-state index >= 15 is 0 Å². The lowest BCUT2D eigenvalue weighted by Gasteiger charge is -2.24. The number of aromatic nitrogens is 2. The number of rotatable bonds is 12. The van der Waals surface area contributed by atoms with E-state index in [2.05, 4.69) is 43.1 Å². The Kier molecular flexibility index (Phi) is 9.41. The van der Waals surface area contributed by atoms with Crippen LogP contribution in [0.15, 0.2) is 61.6 Å². The molecule has 1 fully saturated rings. The van der Waals surface area contributed by atoms with Crippen LogP contribution >= 0.6 is 0 Å². The average Bonchev–Trinajstić information content (AvgIpc) is 3.52. The van der Waals surface area contributed by atoms with E-state index in [-0.39, 0.29) is 18.5 Å². The van der Waals surface area contributed by atoms with Crippen LogP contribution in [0, 0.1) is 0 Å². The fourth-order valence-corrected chi connectivity index (χ4v) is 4.82. The van der Waals surface area contributed by atoms with Crippen molar-refractivity contribution in [3.63, 3.8) is 0 Å². The maximum Gasteiger partial charge on any atom is 0.271 e. The van der Waals surface area contributed by atoms with Crippen LogP contribution in [0.25, 0.3) is 0 Å². The zero-order valence-corrected chi connectivity index (χ0v) is 22.6. The molecule has 1 saturated heterocycles. The molecule has 0 radical (unpaired) electrons. The number of pyridine rings is 1. The van der Waals surface area contributed by atoms with Crippen molar-refractivity contribution in [3.8, 4) is 0 Å². The Balaban J connectivity index is 1.82. The van der Waals surface area contributed by atoms with Crippen molar-refractivity contribution in [3.05, 3.63) is 78.4 Å². The number of hydrogen-bond donors (Lipinski definition) is 2. The summed E-state index contributed by atoms with van der Waals surface area (Å²) in [4.78, 5) is 32.2. The van der Waals surface area contributed by atoms with E-state index < -0.39 is 20.2 Å². The third kappa shape index (κ3) is 7.25. The van der Waals surface area contributed by atoms with Crippen molar-refractivity contribution in [1.82, 2.24) is 19.8 Å². The Labute approximate surface area is 214 Å². The molecule has 1 aliphatic heterocycles. The average molecular weight is 511 g/mol. The van der Waals surface area contributed by atoms with Gasteiger partial charge in [0.15, 0.2) is 0 Å². The summed E-state index contributed by atoms with van der Waals surface area (Å²) < 4.78 is 7.67. The van der Waals surface area contributed by atoms with Crippen molar-refractivity contribution in [1.29, 1.82) is 0 Å². The van der Waals surface area contributed by atoms with Gasteiger partial charge in [-0.25, -0.2) is 0 Å². The first-order chi connectivity index (χ1) is 17.1. The summed E-state index contributed by atoms with van der Waals surface area (Å²) in [5, 5.41) is 13.8. The molecule has 3 rings (SSSR count). The molecule has 1 unspecified atom stereocenters. The number of ether oxygens (including phenoxy) is 1. The summed E-state index contributed by atoms with van der Waals surface area (Å²) in [6, 6.07) is 5.63. The second kappa shape index (κ2) is 12.3. The number of aliphatic hydroxyl groups excluding tert-OH is 1. The van der Waals surface area contributed by atoms with Crippen LogP contribution in [-0.2, 0) is 16.3 Å². The molecule has 8 nitrogen and oxygen atoms in total. The van der Waals surface area contributed by atoms with Gasteiger partial charge in [-0.05, 0) is 48.2 Å². The molecule has 0 aliphatic carbocycles. The first-order valence-corrected chi connectivity index (χ1v) is 16.1. The Morgan fingerprint density at radius 2 is 2.03 bits per heavy atom. The minimum atomic E-state index is -1.26. The zero-order valence-electron chi connectivity index (χ0n) is 21.6. The highest BCUT2D eigenvalue weighted by atomic mass is 28.3. The van der Waals surface area contributed by atoms with Crippen LogP contribution in [0.4, 0.5) is 0 Å². The van der Waals surface area contributed by atoms with Gasteiger partial charge in [-0.1, -0.05) is 38.9 Å². The number of aliphatic hydroxyl groups is 1. The standard InChI is InChI=1S/C27H38N4O4Si/c1-6-20(2)17-29-26(33)23-8-7-13-31(23)27(34)24-16-22(25(32)21-9-11-28-12-10-21)18-30(24)19-35-14-15-36(3,4)5/h6,9-12,16,18,23,25,32H,1-2,7-8,13-15,17,19H2,3-5H3,(H,29,33)/t23-,25?/m0/s1. The maximum absolute atomic E-state index is 13.7. The number of carbonyl (C=O) groups is 2. The van der Waals surface area contributed by atoms with Gasteiger partial charge >= 0.3 is 0 Å². The van der Waals surface area contributed by atoms with Gasteiger partial charge in [-0.15, -0.1) is 0 Å². The molecular formula is C27H38N4O4Si. The van der Waals surface area contributed by atoms with Crippen LogP contribution in [0.3, 0.4) is 0 Å². The predicted molar refractivity (Wildman–Crippen MR) is 143 cm³/mol.